The third-order valence-corrected chi connectivity index (χ3v) is 4.72. The molecule has 4 N–H and O–H groups in total. The zero-order valence-corrected chi connectivity index (χ0v) is 18.7. The third kappa shape index (κ3) is 5.52. The van der Waals surface area contributed by atoms with Crippen molar-refractivity contribution in [3.8, 4) is 23.0 Å². The molecule has 3 aromatic carbocycles. The fourth-order valence-electron chi connectivity index (χ4n) is 3.14. The predicted molar refractivity (Wildman–Crippen MR) is 125 cm³/mol. The highest BCUT2D eigenvalue weighted by atomic mass is 16.5. The number of anilines is 2. The number of rotatable bonds is 8. The first-order valence-corrected chi connectivity index (χ1v) is 9.67. The third-order valence-electron chi connectivity index (χ3n) is 4.72. The van der Waals surface area contributed by atoms with Crippen LogP contribution < -0.4 is 29.6 Å². The number of amides is 2. The summed E-state index contributed by atoms with van der Waals surface area (Å²) in [5.74, 6) is 0.796. The summed E-state index contributed by atoms with van der Waals surface area (Å²) < 4.78 is 21.4. The van der Waals surface area contributed by atoms with Crippen molar-refractivity contribution in [2.24, 2.45) is 0 Å². The van der Waals surface area contributed by atoms with Gasteiger partial charge in [-0.1, -0.05) is 24.3 Å². The van der Waals surface area contributed by atoms with Crippen LogP contribution in [0.1, 0.15) is 20.7 Å². The molecule has 0 aromatic heterocycles. The van der Waals surface area contributed by atoms with Gasteiger partial charge in [0.15, 0.2) is 0 Å². The van der Waals surface area contributed by atoms with E-state index in [4.69, 9.17) is 18.9 Å². The summed E-state index contributed by atoms with van der Waals surface area (Å²) >= 11 is 0. The van der Waals surface area contributed by atoms with E-state index >= 15 is 0 Å². The number of para-hydroxylation sites is 2. The van der Waals surface area contributed by atoms with Gasteiger partial charge in [-0.15, -0.1) is 0 Å². The molecule has 33 heavy (non-hydrogen) atoms. The average molecular weight is 454 g/mol. The minimum Gasteiger partial charge on any atom is -0.496 e. The van der Waals surface area contributed by atoms with Crippen molar-refractivity contribution in [3.63, 3.8) is 0 Å². The Morgan fingerprint density at radius 3 is 1.24 bits per heavy atom. The summed E-state index contributed by atoms with van der Waals surface area (Å²) in [6.07, 6.45) is 0. The van der Waals surface area contributed by atoms with Crippen LogP contribution >= 0.6 is 0 Å². The second-order valence-electron chi connectivity index (χ2n) is 6.56. The smallest absolute Gasteiger partial charge is 0.259 e. The number of nitrogens with one attached hydrogen (secondary N) is 2. The number of methoxy groups -OCH3 is 4. The van der Waals surface area contributed by atoms with Gasteiger partial charge in [0.1, 0.15) is 23.0 Å². The van der Waals surface area contributed by atoms with Gasteiger partial charge in [0.2, 0.25) is 0 Å². The normalized spacial score (nSPS) is 9.82. The van der Waals surface area contributed by atoms with E-state index in [0.29, 0.717) is 45.5 Å². The highest BCUT2D eigenvalue weighted by molar-refractivity contribution is 6.09. The monoisotopic (exact) mass is 454 g/mol. The van der Waals surface area contributed by atoms with Crippen molar-refractivity contribution < 1.29 is 34.0 Å². The number of ether oxygens (including phenoxy) is 4. The Morgan fingerprint density at radius 2 is 0.909 bits per heavy atom. The van der Waals surface area contributed by atoms with E-state index in [0.717, 1.165) is 0 Å². The Bertz CT molecular complexity index is 1040. The molecule has 0 heterocycles. The van der Waals surface area contributed by atoms with Crippen LogP contribution in [0.4, 0.5) is 11.4 Å². The molecule has 2 amide bonds. The highest BCUT2D eigenvalue weighted by Gasteiger charge is 2.19. The van der Waals surface area contributed by atoms with Crippen LogP contribution in [0.2, 0.25) is 0 Å². The average Bonchev–Trinajstić information content (AvgIpc) is 2.84. The lowest BCUT2D eigenvalue weighted by atomic mass is 10.1. The molecule has 9 heteroatoms. The van der Waals surface area contributed by atoms with Gasteiger partial charge in [-0.25, -0.2) is 0 Å². The summed E-state index contributed by atoms with van der Waals surface area (Å²) in [5.41, 5.74) is 1.47. The van der Waals surface area contributed by atoms with Crippen LogP contribution in [-0.2, 0) is 0 Å². The molecule has 0 saturated heterocycles. The lowest BCUT2D eigenvalue weighted by molar-refractivity contribution is 0.101. The van der Waals surface area contributed by atoms with E-state index in [-0.39, 0.29) is 17.3 Å². The minimum absolute atomic E-state index is 0. The van der Waals surface area contributed by atoms with Crippen molar-refractivity contribution in [1.82, 2.24) is 0 Å². The molecule has 174 valence electrons. The summed E-state index contributed by atoms with van der Waals surface area (Å²) in [4.78, 5) is 25.6. The van der Waals surface area contributed by atoms with Gasteiger partial charge in [-0.2, -0.15) is 0 Å². The number of hydrogen-bond donors (Lipinski definition) is 2. The molecule has 0 fully saturated rings. The van der Waals surface area contributed by atoms with Crippen LogP contribution in [0.5, 0.6) is 23.0 Å². The van der Waals surface area contributed by atoms with Crippen molar-refractivity contribution in [1.29, 1.82) is 0 Å². The van der Waals surface area contributed by atoms with Gasteiger partial charge in [-0.3, -0.25) is 9.59 Å². The summed E-state index contributed by atoms with van der Waals surface area (Å²) in [7, 11) is 5.92. The molecular weight excluding hydrogens is 428 g/mol. The molecule has 3 aromatic rings. The second kappa shape index (κ2) is 11.4. The van der Waals surface area contributed by atoms with Gasteiger partial charge < -0.3 is 35.1 Å². The highest BCUT2D eigenvalue weighted by Crippen LogP contribution is 2.37. The second-order valence-corrected chi connectivity index (χ2v) is 6.56. The predicted octanol–water partition coefficient (Wildman–Crippen LogP) is 3.40. The quantitative estimate of drug-likeness (QED) is 0.537. The van der Waals surface area contributed by atoms with Crippen molar-refractivity contribution in [2.75, 3.05) is 39.1 Å². The molecule has 0 bridgehead atoms. The van der Waals surface area contributed by atoms with E-state index < -0.39 is 0 Å². The Balaban J connectivity index is 0.00000385. The zero-order chi connectivity index (χ0) is 23.1. The van der Waals surface area contributed by atoms with E-state index in [1.807, 2.05) is 0 Å². The molecule has 0 aliphatic heterocycles. The van der Waals surface area contributed by atoms with Gasteiger partial charge in [0.25, 0.3) is 11.8 Å². The molecule has 0 spiro atoms. The minimum atomic E-state index is -0.381. The van der Waals surface area contributed by atoms with Crippen LogP contribution in [0.25, 0.3) is 0 Å². The van der Waals surface area contributed by atoms with Gasteiger partial charge >= 0.3 is 0 Å². The molecule has 0 radical (unpaired) electrons. The van der Waals surface area contributed by atoms with Crippen molar-refractivity contribution >= 4 is 23.2 Å². The van der Waals surface area contributed by atoms with Crippen molar-refractivity contribution in [3.05, 3.63) is 71.8 Å². The van der Waals surface area contributed by atoms with Crippen LogP contribution in [0.3, 0.4) is 0 Å². The topological polar surface area (TPSA) is 127 Å². The van der Waals surface area contributed by atoms with E-state index in [9.17, 15) is 9.59 Å². The number of carbonyl (C=O) groups excluding carboxylic acids is 2. The number of hydrogen-bond acceptors (Lipinski definition) is 6. The number of carbonyl (C=O) groups is 2. The van der Waals surface area contributed by atoms with E-state index in [1.165, 1.54) is 28.4 Å². The maximum Gasteiger partial charge on any atom is 0.259 e. The Labute approximate surface area is 191 Å². The Morgan fingerprint density at radius 1 is 0.576 bits per heavy atom. The lowest BCUT2D eigenvalue weighted by Crippen LogP contribution is -2.16. The lowest BCUT2D eigenvalue weighted by Gasteiger charge is -2.17. The van der Waals surface area contributed by atoms with E-state index in [1.54, 1.807) is 60.7 Å². The maximum atomic E-state index is 12.8. The molecule has 3 rings (SSSR count). The molecule has 9 nitrogen and oxygen atoms in total. The number of benzene rings is 3. The van der Waals surface area contributed by atoms with Crippen molar-refractivity contribution in [2.45, 2.75) is 0 Å². The summed E-state index contributed by atoms with van der Waals surface area (Å²) in [5, 5.41) is 5.60. The van der Waals surface area contributed by atoms with E-state index in [2.05, 4.69) is 10.6 Å². The Hall–Kier alpha value is -4.24. The first-order chi connectivity index (χ1) is 15.5. The first-order valence-electron chi connectivity index (χ1n) is 9.67. The van der Waals surface area contributed by atoms with Crippen LogP contribution in [0.15, 0.2) is 60.7 Å². The van der Waals surface area contributed by atoms with Gasteiger partial charge in [0, 0.05) is 12.1 Å². The maximum absolute atomic E-state index is 12.8. The molecule has 0 unspecified atom stereocenters. The summed E-state index contributed by atoms with van der Waals surface area (Å²) in [6, 6.07) is 16.9. The molecular formula is C24H26N2O7. The summed E-state index contributed by atoms with van der Waals surface area (Å²) in [6.45, 7) is 0. The van der Waals surface area contributed by atoms with Crippen LogP contribution in [-0.4, -0.2) is 45.7 Å². The first kappa shape index (κ1) is 25.0. The molecule has 0 aliphatic carbocycles. The Kier molecular flexibility index (Phi) is 8.64. The van der Waals surface area contributed by atoms with Gasteiger partial charge in [0.05, 0.1) is 50.9 Å². The largest absolute Gasteiger partial charge is 0.496 e. The SMILES string of the molecule is COc1cc(NC(=O)c2ccccc2OC)c(OC)cc1NC(=O)c1ccccc1OC.O. The fourth-order valence-corrected chi connectivity index (χ4v) is 3.14. The zero-order valence-electron chi connectivity index (χ0n) is 18.7. The fraction of sp³-hybridized carbons (Fsp3) is 0.167. The molecule has 0 saturated carbocycles. The van der Waals surface area contributed by atoms with Gasteiger partial charge in [-0.05, 0) is 24.3 Å². The molecule has 0 aliphatic rings. The molecule has 0 atom stereocenters. The van der Waals surface area contributed by atoms with Crippen LogP contribution in [0, 0.1) is 0 Å². The standard InChI is InChI=1S/C24H24N2O6.H2O/c1-29-19-11-7-5-9-15(19)23(27)25-17-13-22(32-4)18(14-21(17)31-3)26-24(28)16-10-6-8-12-20(16)30-2;/h5-14H,1-4H3,(H,25,27)(H,26,28);1H2.